The van der Waals surface area contributed by atoms with Crippen molar-refractivity contribution in [3.05, 3.63) is 51.7 Å². The second-order valence-corrected chi connectivity index (χ2v) is 10.6. The van der Waals surface area contributed by atoms with Gasteiger partial charge in [0.15, 0.2) is 0 Å². The second kappa shape index (κ2) is 10.0. The molecule has 0 spiro atoms. The van der Waals surface area contributed by atoms with Crippen molar-refractivity contribution in [3.63, 3.8) is 0 Å². The lowest BCUT2D eigenvalue weighted by Crippen LogP contribution is -2.49. The van der Waals surface area contributed by atoms with Crippen LogP contribution in [0, 0.1) is 6.92 Å². The lowest BCUT2D eigenvalue weighted by Gasteiger charge is -2.36. The van der Waals surface area contributed by atoms with Crippen LogP contribution in [-0.2, 0) is 19.4 Å². The molecule has 5 rings (SSSR count). The Morgan fingerprint density at radius 3 is 2.50 bits per heavy atom. The monoisotopic (exact) mass is 477 g/mol. The molecule has 0 N–H and O–H groups in total. The zero-order chi connectivity index (χ0) is 23.7. The number of fused-ring (bicyclic) bond motifs is 3. The first kappa shape index (κ1) is 23.2. The number of carbonyl (C=O) groups excluding carboxylic acids is 1. The third-order valence-electron chi connectivity index (χ3n) is 7.21. The van der Waals surface area contributed by atoms with Gasteiger partial charge in [-0.1, -0.05) is 32.4 Å². The number of thiophene rings is 1. The molecule has 1 amide bonds. The summed E-state index contributed by atoms with van der Waals surface area (Å²) in [5, 5.41) is 1.25. The van der Waals surface area contributed by atoms with E-state index in [1.807, 2.05) is 35.3 Å². The molecule has 6 nitrogen and oxygen atoms in total. The standard InChI is InChI=1S/C27H35N5OS/c1-4-6-7-20-8-10-21(11-9-20)27(33)32-16-14-31(15-17-32)25-24-22-12-13-30(5-2)18-23(22)34-26(24)29-19(3)28-25/h8-11H,4-7,12-18H2,1-3H3. The van der Waals surface area contributed by atoms with Gasteiger partial charge in [-0.15, -0.1) is 11.3 Å². The highest BCUT2D eigenvalue weighted by Gasteiger charge is 2.28. The van der Waals surface area contributed by atoms with E-state index in [-0.39, 0.29) is 5.91 Å². The minimum absolute atomic E-state index is 0.137. The summed E-state index contributed by atoms with van der Waals surface area (Å²) in [7, 11) is 0. The van der Waals surface area contributed by atoms with E-state index in [1.54, 1.807) is 0 Å². The molecule has 0 radical (unpaired) electrons. The topological polar surface area (TPSA) is 52.6 Å². The highest BCUT2D eigenvalue weighted by atomic mass is 32.1. The van der Waals surface area contributed by atoms with Gasteiger partial charge in [0.2, 0.25) is 0 Å². The summed E-state index contributed by atoms with van der Waals surface area (Å²) in [6.45, 7) is 12.7. The molecule has 0 aliphatic carbocycles. The lowest BCUT2D eigenvalue weighted by atomic mass is 10.0. The van der Waals surface area contributed by atoms with Crippen LogP contribution >= 0.6 is 11.3 Å². The summed E-state index contributed by atoms with van der Waals surface area (Å²) in [4.78, 5) is 32.2. The van der Waals surface area contributed by atoms with E-state index in [2.05, 4.69) is 35.8 Å². The number of hydrogen-bond donors (Lipinski definition) is 0. The molecule has 1 aromatic carbocycles. The number of unbranched alkanes of at least 4 members (excludes halogenated alkanes) is 1. The van der Waals surface area contributed by atoms with E-state index in [0.29, 0.717) is 0 Å². The van der Waals surface area contributed by atoms with Crippen LogP contribution in [0.2, 0.25) is 0 Å². The Morgan fingerprint density at radius 1 is 1.03 bits per heavy atom. The number of rotatable bonds is 6. The first-order chi connectivity index (χ1) is 16.6. The number of aromatic nitrogens is 2. The van der Waals surface area contributed by atoms with Gasteiger partial charge in [0, 0.05) is 49.7 Å². The minimum Gasteiger partial charge on any atom is -0.352 e. The molecule has 0 bridgehead atoms. The van der Waals surface area contributed by atoms with Gasteiger partial charge in [0.1, 0.15) is 16.5 Å². The predicted octanol–water partition coefficient (Wildman–Crippen LogP) is 4.68. The van der Waals surface area contributed by atoms with Gasteiger partial charge in [-0.05, 0) is 56.0 Å². The lowest BCUT2D eigenvalue weighted by molar-refractivity contribution is 0.0746. The molecule has 4 heterocycles. The first-order valence-corrected chi connectivity index (χ1v) is 13.5. The molecule has 1 saturated heterocycles. The van der Waals surface area contributed by atoms with Crippen molar-refractivity contribution in [3.8, 4) is 0 Å². The van der Waals surface area contributed by atoms with Crippen molar-refractivity contribution in [2.75, 3.05) is 44.2 Å². The van der Waals surface area contributed by atoms with E-state index in [4.69, 9.17) is 9.97 Å². The summed E-state index contributed by atoms with van der Waals surface area (Å²) < 4.78 is 0. The Bertz CT molecular complexity index is 1160. The number of hydrogen-bond acceptors (Lipinski definition) is 6. The van der Waals surface area contributed by atoms with Crippen molar-refractivity contribution >= 4 is 33.3 Å². The summed E-state index contributed by atoms with van der Waals surface area (Å²) in [5.41, 5.74) is 3.55. The summed E-state index contributed by atoms with van der Waals surface area (Å²) >= 11 is 1.84. The normalized spacial score (nSPS) is 16.8. The molecule has 7 heteroatoms. The Balaban J connectivity index is 1.31. The van der Waals surface area contributed by atoms with Crippen molar-refractivity contribution < 1.29 is 4.79 Å². The van der Waals surface area contributed by atoms with Crippen LogP contribution in [-0.4, -0.2) is 64.9 Å². The van der Waals surface area contributed by atoms with Gasteiger partial charge < -0.3 is 9.80 Å². The number of aryl methyl sites for hydroxylation is 2. The van der Waals surface area contributed by atoms with E-state index in [0.717, 1.165) is 80.7 Å². The van der Waals surface area contributed by atoms with Crippen LogP contribution in [0.15, 0.2) is 24.3 Å². The SMILES string of the molecule is CCCCc1ccc(C(=O)N2CCN(c3nc(C)nc4sc5c(c34)CCN(CC)C5)CC2)cc1. The third-order valence-corrected chi connectivity index (χ3v) is 8.32. The van der Waals surface area contributed by atoms with E-state index >= 15 is 0 Å². The van der Waals surface area contributed by atoms with Crippen LogP contribution in [0.1, 0.15) is 58.9 Å². The number of piperazine rings is 1. The highest BCUT2D eigenvalue weighted by Crippen LogP contribution is 2.39. The third kappa shape index (κ3) is 4.56. The van der Waals surface area contributed by atoms with Crippen molar-refractivity contribution in [2.45, 2.75) is 53.0 Å². The molecule has 3 aromatic rings. The number of amides is 1. The number of likely N-dealkylation sites (N-methyl/N-ethyl adjacent to an activating group) is 1. The van der Waals surface area contributed by atoms with E-state index in [9.17, 15) is 4.79 Å². The molecule has 1 fully saturated rings. The van der Waals surface area contributed by atoms with Crippen LogP contribution < -0.4 is 4.90 Å². The summed E-state index contributed by atoms with van der Waals surface area (Å²) in [6.07, 6.45) is 4.53. The molecule has 0 saturated carbocycles. The maximum absolute atomic E-state index is 13.1. The molecule has 0 atom stereocenters. The van der Waals surface area contributed by atoms with Crippen LogP contribution in [0.5, 0.6) is 0 Å². The molecule has 180 valence electrons. The highest BCUT2D eigenvalue weighted by molar-refractivity contribution is 7.19. The number of nitrogens with zero attached hydrogens (tertiary/aromatic N) is 5. The molecular weight excluding hydrogens is 442 g/mol. The number of benzene rings is 1. The minimum atomic E-state index is 0.137. The van der Waals surface area contributed by atoms with Crippen LogP contribution in [0.3, 0.4) is 0 Å². The van der Waals surface area contributed by atoms with Gasteiger partial charge in [0.25, 0.3) is 5.91 Å². The van der Waals surface area contributed by atoms with Gasteiger partial charge in [-0.25, -0.2) is 9.97 Å². The summed E-state index contributed by atoms with van der Waals surface area (Å²) in [6, 6.07) is 8.21. The van der Waals surface area contributed by atoms with Crippen molar-refractivity contribution in [2.24, 2.45) is 0 Å². The fourth-order valence-electron chi connectivity index (χ4n) is 5.13. The Kier molecular flexibility index (Phi) is 6.84. The van der Waals surface area contributed by atoms with Crippen molar-refractivity contribution in [1.82, 2.24) is 19.8 Å². The average Bonchev–Trinajstić information content (AvgIpc) is 3.24. The fraction of sp³-hybridized carbons (Fsp3) is 0.519. The van der Waals surface area contributed by atoms with Crippen LogP contribution in [0.4, 0.5) is 5.82 Å². The van der Waals surface area contributed by atoms with Crippen LogP contribution in [0.25, 0.3) is 10.2 Å². The first-order valence-electron chi connectivity index (χ1n) is 12.7. The molecule has 2 aliphatic rings. The average molecular weight is 478 g/mol. The quantitative estimate of drug-likeness (QED) is 0.516. The Labute approximate surface area is 206 Å². The van der Waals surface area contributed by atoms with Gasteiger partial charge in [0.05, 0.1) is 5.39 Å². The second-order valence-electron chi connectivity index (χ2n) is 9.48. The van der Waals surface area contributed by atoms with Gasteiger partial charge in [-0.2, -0.15) is 0 Å². The van der Waals surface area contributed by atoms with Crippen molar-refractivity contribution in [1.29, 1.82) is 0 Å². The van der Waals surface area contributed by atoms with Gasteiger partial charge >= 0.3 is 0 Å². The number of carbonyl (C=O) groups is 1. The molecule has 2 aliphatic heterocycles. The zero-order valence-corrected chi connectivity index (χ0v) is 21.5. The molecule has 34 heavy (non-hydrogen) atoms. The summed E-state index contributed by atoms with van der Waals surface area (Å²) in [5.74, 6) is 2.03. The molecular formula is C27H35N5OS. The predicted molar refractivity (Wildman–Crippen MR) is 140 cm³/mol. The molecule has 2 aromatic heterocycles. The maximum Gasteiger partial charge on any atom is 0.253 e. The van der Waals surface area contributed by atoms with Gasteiger partial charge in [-0.3, -0.25) is 9.69 Å². The smallest absolute Gasteiger partial charge is 0.253 e. The maximum atomic E-state index is 13.1. The molecule has 0 unspecified atom stereocenters. The Morgan fingerprint density at radius 2 is 1.79 bits per heavy atom. The largest absolute Gasteiger partial charge is 0.352 e. The van der Waals surface area contributed by atoms with E-state index in [1.165, 1.54) is 34.2 Å². The zero-order valence-electron chi connectivity index (χ0n) is 20.6. The van der Waals surface area contributed by atoms with E-state index < -0.39 is 0 Å². The fourth-order valence-corrected chi connectivity index (χ4v) is 6.43. The Hall–Kier alpha value is -2.51. The number of anilines is 1.